The van der Waals surface area contributed by atoms with Gasteiger partial charge in [-0.25, -0.2) is 4.98 Å². The second-order valence-corrected chi connectivity index (χ2v) is 5.26. The van der Waals surface area contributed by atoms with E-state index >= 15 is 0 Å². The van der Waals surface area contributed by atoms with Crippen LogP contribution in [0.2, 0.25) is 0 Å². The lowest BCUT2D eigenvalue weighted by Gasteiger charge is -2.41. The first-order chi connectivity index (χ1) is 9.63. The fraction of sp³-hybridized carbons (Fsp3) is 0.714. The number of aryl methyl sites for hydroxylation is 1. The molecule has 1 saturated heterocycles. The van der Waals surface area contributed by atoms with Gasteiger partial charge in [-0.15, -0.1) is 0 Å². The van der Waals surface area contributed by atoms with E-state index < -0.39 is 0 Å². The molecule has 20 heavy (non-hydrogen) atoms. The van der Waals surface area contributed by atoms with Gasteiger partial charge in [0.1, 0.15) is 5.82 Å². The van der Waals surface area contributed by atoms with Gasteiger partial charge in [0.2, 0.25) is 5.95 Å². The summed E-state index contributed by atoms with van der Waals surface area (Å²) in [5.41, 5.74) is 6.67. The lowest BCUT2D eigenvalue weighted by Crippen LogP contribution is -2.54. The van der Waals surface area contributed by atoms with Crippen molar-refractivity contribution < 1.29 is 4.74 Å². The highest BCUT2D eigenvalue weighted by molar-refractivity contribution is 5.44. The summed E-state index contributed by atoms with van der Waals surface area (Å²) in [4.78, 5) is 13.3. The zero-order valence-electron chi connectivity index (χ0n) is 12.7. The molecule has 112 valence electrons. The molecule has 2 rings (SSSR count). The maximum absolute atomic E-state index is 5.75. The lowest BCUT2D eigenvalue weighted by molar-refractivity contribution is 0.109. The SMILES string of the molecule is CC[C@@H]1CN(c2cc(C)nc(N)n2)CCN1CCOC. The van der Waals surface area contributed by atoms with Crippen LogP contribution in [0.5, 0.6) is 0 Å². The summed E-state index contributed by atoms with van der Waals surface area (Å²) in [6.07, 6.45) is 1.12. The zero-order chi connectivity index (χ0) is 14.5. The highest BCUT2D eigenvalue weighted by atomic mass is 16.5. The van der Waals surface area contributed by atoms with Gasteiger partial charge in [-0.1, -0.05) is 6.92 Å². The normalized spacial score (nSPS) is 20.4. The molecule has 0 aliphatic carbocycles. The second kappa shape index (κ2) is 6.85. The van der Waals surface area contributed by atoms with E-state index in [1.165, 1.54) is 0 Å². The number of anilines is 2. The molecule has 1 fully saturated rings. The van der Waals surface area contributed by atoms with Crippen LogP contribution < -0.4 is 10.6 Å². The molecule has 1 aliphatic heterocycles. The van der Waals surface area contributed by atoms with Crippen LogP contribution >= 0.6 is 0 Å². The molecule has 1 aliphatic rings. The Labute approximate surface area is 120 Å². The number of ether oxygens (including phenoxy) is 1. The van der Waals surface area contributed by atoms with Crippen LogP contribution in [0, 0.1) is 6.92 Å². The number of hydrogen-bond acceptors (Lipinski definition) is 6. The van der Waals surface area contributed by atoms with E-state index in [2.05, 4.69) is 26.7 Å². The van der Waals surface area contributed by atoms with Crippen molar-refractivity contribution in [2.75, 3.05) is 50.5 Å². The molecule has 0 spiro atoms. The van der Waals surface area contributed by atoms with E-state index in [0.717, 1.165) is 50.7 Å². The predicted octanol–water partition coefficient (Wildman–Crippen LogP) is 0.914. The van der Waals surface area contributed by atoms with Gasteiger partial charge in [-0.05, 0) is 13.3 Å². The van der Waals surface area contributed by atoms with Crippen LogP contribution in [0.25, 0.3) is 0 Å². The van der Waals surface area contributed by atoms with Crippen molar-refractivity contribution in [1.82, 2.24) is 14.9 Å². The molecule has 2 heterocycles. The van der Waals surface area contributed by atoms with Gasteiger partial charge >= 0.3 is 0 Å². The number of aromatic nitrogens is 2. The summed E-state index contributed by atoms with van der Waals surface area (Å²) in [5, 5.41) is 0. The Hall–Kier alpha value is -1.40. The first kappa shape index (κ1) is 15.0. The zero-order valence-corrected chi connectivity index (χ0v) is 12.7. The average Bonchev–Trinajstić information content (AvgIpc) is 2.43. The number of rotatable bonds is 5. The summed E-state index contributed by atoms with van der Waals surface area (Å²) in [5.74, 6) is 1.30. The van der Waals surface area contributed by atoms with E-state index in [9.17, 15) is 0 Å². The van der Waals surface area contributed by atoms with Crippen molar-refractivity contribution in [3.05, 3.63) is 11.8 Å². The summed E-state index contributed by atoms with van der Waals surface area (Å²) in [6.45, 7) is 8.95. The van der Waals surface area contributed by atoms with Crippen molar-refractivity contribution in [3.63, 3.8) is 0 Å². The van der Waals surface area contributed by atoms with Crippen molar-refractivity contribution in [2.45, 2.75) is 26.3 Å². The highest BCUT2D eigenvalue weighted by Crippen LogP contribution is 2.20. The van der Waals surface area contributed by atoms with Gasteiger partial charge in [0.25, 0.3) is 0 Å². The van der Waals surface area contributed by atoms with Crippen LogP contribution in [0.3, 0.4) is 0 Å². The maximum atomic E-state index is 5.75. The minimum Gasteiger partial charge on any atom is -0.383 e. The molecular weight excluding hydrogens is 254 g/mol. The van der Waals surface area contributed by atoms with Crippen molar-refractivity contribution in [3.8, 4) is 0 Å². The summed E-state index contributed by atoms with van der Waals surface area (Å²) in [6, 6.07) is 2.55. The van der Waals surface area contributed by atoms with E-state index in [1.807, 2.05) is 13.0 Å². The minimum absolute atomic E-state index is 0.356. The summed E-state index contributed by atoms with van der Waals surface area (Å²) in [7, 11) is 1.75. The Bertz CT molecular complexity index is 419. The van der Waals surface area contributed by atoms with E-state index in [-0.39, 0.29) is 0 Å². The van der Waals surface area contributed by atoms with E-state index in [1.54, 1.807) is 7.11 Å². The Morgan fingerprint density at radius 2 is 2.20 bits per heavy atom. The van der Waals surface area contributed by atoms with Gasteiger partial charge in [0, 0.05) is 51.1 Å². The fourth-order valence-electron chi connectivity index (χ4n) is 2.73. The Balaban J connectivity index is 2.05. The number of hydrogen-bond donors (Lipinski definition) is 1. The quantitative estimate of drug-likeness (QED) is 0.864. The molecule has 0 bridgehead atoms. The van der Waals surface area contributed by atoms with E-state index in [0.29, 0.717) is 12.0 Å². The third kappa shape index (κ3) is 3.58. The second-order valence-electron chi connectivity index (χ2n) is 5.26. The molecule has 1 atom stereocenters. The Kier molecular flexibility index (Phi) is 5.14. The van der Waals surface area contributed by atoms with Gasteiger partial charge in [0.05, 0.1) is 6.61 Å². The molecule has 6 nitrogen and oxygen atoms in total. The Morgan fingerprint density at radius 1 is 1.40 bits per heavy atom. The van der Waals surface area contributed by atoms with Gasteiger partial charge < -0.3 is 15.4 Å². The number of piperazine rings is 1. The topological polar surface area (TPSA) is 67.5 Å². The van der Waals surface area contributed by atoms with Gasteiger partial charge in [-0.2, -0.15) is 4.98 Å². The molecule has 0 amide bonds. The molecule has 6 heteroatoms. The highest BCUT2D eigenvalue weighted by Gasteiger charge is 2.26. The molecule has 1 aromatic rings. The lowest BCUT2D eigenvalue weighted by atomic mass is 10.1. The maximum Gasteiger partial charge on any atom is 0.222 e. The number of nitrogen functional groups attached to an aromatic ring is 1. The number of nitrogens with two attached hydrogens (primary N) is 1. The van der Waals surface area contributed by atoms with Crippen molar-refractivity contribution in [2.24, 2.45) is 0 Å². The minimum atomic E-state index is 0.356. The van der Waals surface area contributed by atoms with Crippen LogP contribution in [0.15, 0.2) is 6.07 Å². The average molecular weight is 279 g/mol. The van der Waals surface area contributed by atoms with Crippen molar-refractivity contribution >= 4 is 11.8 Å². The molecule has 0 unspecified atom stereocenters. The fourth-order valence-corrected chi connectivity index (χ4v) is 2.73. The molecule has 0 saturated carbocycles. The third-order valence-electron chi connectivity index (χ3n) is 3.84. The Morgan fingerprint density at radius 3 is 2.85 bits per heavy atom. The summed E-state index contributed by atoms with van der Waals surface area (Å²) < 4.78 is 5.19. The first-order valence-electron chi connectivity index (χ1n) is 7.23. The van der Waals surface area contributed by atoms with E-state index in [4.69, 9.17) is 10.5 Å². The van der Waals surface area contributed by atoms with Crippen LogP contribution in [0.1, 0.15) is 19.0 Å². The molecule has 2 N–H and O–H groups in total. The number of methoxy groups -OCH3 is 1. The van der Waals surface area contributed by atoms with Crippen LogP contribution in [-0.4, -0.2) is 60.8 Å². The van der Waals surface area contributed by atoms with Gasteiger partial charge in [0.15, 0.2) is 0 Å². The number of nitrogens with zero attached hydrogens (tertiary/aromatic N) is 4. The summed E-state index contributed by atoms with van der Waals surface area (Å²) >= 11 is 0. The predicted molar refractivity (Wildman–Crippen MR) is 80.9 cm³/mol. The van der Waals surface area contributed by atoms with Crippen molar-refractivity contribution in [1.29, 1.82) is 0 Å². The molecular formula is C14H25N5O. The smallest absolute Gasteiger partial charge is 0.222 e. The third-order valence-corrected chi connectivity index (χ3v) is 3.84. The largest absolute Gasteiger partial charge is 0.383 e. The standard InChI is InChI=1S/C14H25N5O/c1-4-12-10-19(6-5-18(12)7-8-20-3)13-9-11(2)16-14(15)17-13/h9,12H,4-8,10H2,1-3H3,(H2,15,16,17)/t12-/m1/s1. The molecule has 1 aromatic heterocycles. The monoisotopic (exact) mass is 279 g/mol. The van der Waals surface area contributed by atoms with Crippen LogP contribution in [-0.2, 0) is 4.74 Å². The first-order valence-corrected chi connectivity index (χ1v) is 7.23. The van der Waals surface area contributed by atoms with Crippen LogP contribution in [0.4, 0.5) is 11.8 Å². The molecule has 0 aromatic carbocycles. The van der Waals surface area contributed by atoms with Gasteiger partial charge in [-0.3, -0.25) is 4.90 Å². The molecule has 0 radical (unpaired) electrons.